The van der Waals surface area contributed by atoms with Crippen LogP contribution in [-0.2, 0) is 0 Å². The van der Waals surface area contributed by atoms with Crippen molar-refractivity contribution in [2.75, 3.05) is 11.9 Å². The first kappa shape index (κ1) is 16.9. The number of carbonyl (C=O) groups excluding carboxylic acids is 1. The van der Waals surface area contributed by atoms with Crippen LogP contribution >= 0.6 is 0 Å². The summed E-state index contributed by atoms with van der Waals surface area (Å²) in [4.78, 5) is 26.6. The van der Waals surface area contributed by atoms with Crippen molar-refractivity contribution in [1.82, 2.24) is 10.3 Å². The maximum absolute atomic E-state index is 12.3. The van der Waals surface area contributed by atoms with Gasteiger partial charge in [0.15, 0.2) is 0 Å². The van der Waals surface area contributed by atoms with E-state index < -0.39 is 4.92 Å². The highest BCUT2D eigenvalue weighted by molar-refractivity contribution is 5.99. The summed E-state index contributed by atoms with van der Waals surface area (Å²) in [6.45, 7) is 6.60. The summed E-state index contributed by atoms with van der Waals surface area (Å²) in [5.74, 6) is 0.0457. The molecule has 1 heterocycles. The van der Waals surface area contributed by atoms with Gasteiger partial charge in [-0.3, -0.25) is 14.9 Å². The largest absolute Gasteiger partial charge is 0.369 e. The third-order valence-electron chi connectivity index (χ3n) is 3.19. The van der Waals surface area contributed by atoms with E-state index in [1.54, 1.807) is 0 Å². The summed E-state index contributed by atoms with van der Waals surface area (Å²) in [6, 6.07) is 1.32. The van der Waals surface area contributed by atoms with Crippen molar-refractivity contribution < 1.29 is 9.72 Å². The molecule has 1 amide bonds. The highest BCUT2D eigenvalue weighted by atomic mass is 16.6. The summed E-state index contributed by atoms with van der Waals surface area (Å²) >= 11 is 0. The number of pyridine rings is 1. The molecule has 2 N–H and O–H groups in total. The van der Waals surface area contributed by atoms with Crippen LogP contribution in [0.15, 0.2) is 12.3 Å². The highest BCUT2D eigenvalue weighted by Crippen LogP contribution is 2.19. The molecule has 116 valence electrons. The van der Waals surface area contributed by atoms with Crippen LogP contribution in [0.1, 0.15) is 50.4 Å². The molecule has 1 aromatic heterocycles. The number of nitrogens with one attached hydrogen (secondary N) is 2. The van der Waals surface area contributed by atoms with Crippen molar-refractivity contribution in [1.29, 1.82) is 0 Å². The molecule has 0 spiro atoms. The van der Waals surface area contributed by atoms with Gasteiger partial charge in [-0.2, -0.15) is 0 Å². The van der Waals surface area contributed by atoms with Gasteiger partial charge in [-0.05, 0) is 19.3 Å². The standard InChI is InChI=1S/C14H22N4O3/c1-4-7-15-13-12(8-11(9-16-13)18(20)21)14(19)17-10(5-2)6-3/h8-10H,4-7H2,1-3H3,(H,15,16)(H,17,19). The summed E-state index contributed by atoms with van der Waals surface area (Å²) < 4.78 is 0. The average Bonchev–Trinajstić information content (AvgIpc) is 2.49. The van der Waals surface area contributed by atoms with Gasteiger partial charge < -0.3 is 10.6 Å². The van der Waals surface area contributed by atoms with Crippen molar-refractivity contribution in [3.63, 3.8) is 0 Å². The molecule has 0 unspecified atom stereocenters. The minimum absolute atomic E-state index is 0.0517. The number of aromatic nitrogens is 1. The Balaban J connectivity index is 3.06. The zero-order chi connectivity index (χ0) is 15.8. The van der Waals surface area contributed by atoms with Gasteiger partial charge in [-0.15, -0.1) is 0 Å². The number of hydrogen-bond acceptors (Lipinski definition) is 5. The lowest BCUT2D eigenvalue weighted by molar-refractivity contribution is -0.385. The van der Waals surface area contributed by atoms with Gasteiger partial charge in [-0.1, -0.05) is 20.8 Å². The zero-order valence-corrected chi connectivity index (χ0v) is 12.7. The van der Waals surface area contributed by atoms with Crippen LogP contribution in [0, 0.1) is 10.1 Å². The van der Waals surface area contributed by atoms with Crippen molar-refractivity contribution >= 4 is 17.4 Å². The molecule has 0 saturated heterocycles. The first-order valence-corrected chi connectivity index (χ1v) is 7.22. The lowest BCUT2D eigenvalue weighted by atomic mass is 10.1. The van der Waals surface area contributed by atoms with Crippen molar-refractivity contribution in [3.05, 3.63) is 27.9 Å². The molecular weight excluding hydrogens is 272 g/mol. The number of carbonyl (C=O) groups is 1. The summed E-state index contributed by atoms with van der Waals surface area (Å²) in [5.41, 5.74) is 0.0243. The van der Waals surface area contributed by atoms with Gasteiger partial charge in [0.2, 0.25) is 0 Å². The van der Waals surface area contributed by atoms with Crippen LogP contribution in [0.25, 0.3) is 0 Å². The van der Waals surface area contributed by atoms with Gasteiger partial charge in [-0.25, -0.2) is 4.98 Å². The fourth-order valence-corrected chi connectivity index (χ4v) is 1.87. The van der Waals surface area contributed by atoms with Crippen LogP contribution in [0.3, 0.4) is 0 Å². The zero-order valence-electron chi connectivity index (χ0n) is 12.7. The lowest BCUT2D eigenvalue weighted by Crippen LogP contribution is -2.34. The lowest BCUT2D eigenvalue weighted by Gasteiger charge is -2.16. The molecule has 0 bridgehead atoms. The summed E-state index contributed by atoms with van der Waals surface area (Å²) in [5, 5.41) is 16.7. The average molecular weight is 294 g/mol. The number of hydrogen-bond donors (Lipinski definition) is 2. The third-order valence-corrected chi connectivity index (χ3v) is 3.19. The Morgan fingerprint density at radius 3 is 2.57 bits per heavy atom. The third kappa shape index (κ3) is 4.70. The van der Waals surface area contributed by atoms with Crippen LogP contribution in [0.4, 0.5) is 11.5 Å². The molecule has 1 aromatic rings. The fourth-order valence-electron chi connectivity index (χ4n) is 1.87. The maximum Gasteiger partial charge on any atom is 0.288 e. The topological polar surface area (TPSA) is 97.2 Å². The maximum atomic E-state index is 12.3. The summed E-state index contributed by atoms with van der Waals surface area (Å²) in [7, 11) is 0. The molecule has 0 saturated carbocycles. The second kappa shape index (κ2) is 8.18. The van der Waals surface area contributed by atoms with E-state index in [0.717, 1.165) is 25.5 Å². The van der Waals surface area contributed by atoms with Gasteiger partial charge in [0.1, 0.15) is 12.0 Å². The SMILES string of the molecule is CCCNc1ncc([N+](=O)[O-])cc1C(=O)NC(CC)CC. The van der Waals surface area contributed by atoms with Crippen molar-refractivity contribution in [3.8, 4) is 0 Å². The van der Waals surface area contributed by atoms with E-state index in [9.17, 15) is 14.9 Å². The molecule has 0 aliphatic rings. The Labute approximate surface area is 124 Å². The molecular formula is C14H22N4O3. The van der Waals surface area contributed by atoms with Gasteiger partial charge in [0, 0.05) is 18.7 Å². The molecule has 0 atom stereocenters. The van der Waals surface area contributed by atoms with Crippen molar-refractivity contribution in [2.24, 2.45) is 0 Å². The number of nitro groups is 1. The molecule has 0 aliphatic heterocycles. The first-order valence-electron chi connectivity index (χ1n) is 7.22. The monoisotopic (exact) mass is 294 g/mol. The van der Waals surface area contributed by atoms with Gasteiger partial charge in [0.25, 0.3) is 11.6 Å². The normalized spacial score (nSPS) is 10.5. The van der Waals surface area contributed by atoms with E-state index in [0.29, 0.717) is 12.4 Å². The minimum atomic E-state index is -0.551. The van der Waals surface area contributed by atoms with E-state index in [4.69, 9.17) is 0 Å². The molecule has 0 aromatic carbocycles. The molecule has 1 rings (SSSR count). The number of amides is 1. The molecule has 0 fully saturated rings. The fraction of sp³-hybridized carbons (Fsp3) is 0.571. The Bertz CT molecular complexity index is 501. The Hall–Kier alpha value is -2.18. The molecule has 7 heteroatoms. The summed E-state index contributed by atoms with van der Waals surface area (Å²) in [6.07, 6.45) is 3.64. The Kier molecular flexibility index (Phi) is 6.58. The van der Waals surface area contributed by atoms with Crippen LogP contribution in [0.5, 0.6) is 0 Å². The second-order valence-corrected chi connectivity index (χ2v) is 4.76. The van der Waals surface area contributed by atoms with Crippen molar-refractivity contribution in [2.45, 2.75) is 46.1 Å². The van der Waals surface area contributed by atoms with Crippen LogP contribution in [-0.4, -0.2) is 28.4 Å². The van der Waals surface area contributed by atoms with Gasteiger partial charge in [0.05, 0.1) is 10.5 Å². The van der Waals surface area contributed by atoms with E-state index in [2.05, 4.69) is 15.6 Å². The van der Waals surface area contributed by atoms with Crippen LogP contribution in [0.2, 0.25) is 0 Å². The smallest absolute Gasteiger partial charge is 0.288 e. The predicted molar refractivity (Wildman–Crippen MR) is 81.5 cm³/mol. The Morgan fingerprint density at radius 1 is 1.38 bits per heavy atom. The minimum Gasteiger partial charge on any atom is -0.369 e. The van der Waals surface area contributed by atoms with E-state index in [1.807, 2.05) is 20.8 Å². The second-order valence-electron chi connectivity index (χ2n) is 4.76. The molecule has 0 aliphatic carbocycles. The number of anilines is 1. The molecule has 21 heavy (non-hydrogen) atoms. The number of rotatable bonds is 8. The highest BCUT2D eigenvalue weighted by Gasteiger charge is 2.19. The quantitative estimate of drug-likeness (QED) is 0.567. The molecule has 7 nitrogen and oxygen atoms in total. The predicted octanol–water partition coefficient (Wildman–Crippen LogP) is 2.73. The van der Waals surface area contributed by atoms with E-state index in [1.165, 1.54) is 6.07 Å². The molecule has 0 radical (unpaired) electrons. The van der Waals surface area contributed by atoms with Gasteiger partial charge >= 0.3 is 0 Å². The Morgan fingerprint density at radius 2 is 2.05 bits per heavy atom. The van der Waals surface area contributed by atoms with Crippen LogP contribution < -0.4 is 10.6 Å². The number of nitrogens with zero attached hydrogens (tertiary/aromatic N) is 2. The van der Waals surface area contributed by atoms with E-state index >= 15 is 0 Å². The van der Waals surface area contributed by atoms with E-state index in [-0.39, 0.29) is 23.2 Å². The first-order chi connectivity index (χ1) is 10.0.